The molecular weight excluding hydrogens is 392 g/mol. The van der Waals surface area contributed by atoms with Crippen molar-refractivity contribution in [3.63, 3.8) is 0 Å². The first-order valence-corrected chi connectivity index (χ1v) is 10.7. The van der Waals surface area contributed by atoms with Crippen LogP contribution in [0.15, 0.2) is 53.4 Å². The number of esters is 1. The van der Waals surface area contributed by atoms with E-state index in [1.165, 1.54) is 50.8 Å². The molecule has 0 radical (unpaired) electrons. The van der Waals surface area contributed by atoms with Gasteiger partial charge in [0.1, 0.15) is 0 Å². The third-order valence-electron chi connectivity index (χ3n) is 4.92. The Morgan fingerprint density at radius 1 is 1.07 bits per heavy atom. The molecule has 7 nitrogen and oxygen atoms in total. The minimum absolute atomic E-state index is 0.0106. The van der Waals surface area contributed by atoms with Gasteiger partial charge in [0.2, 0.25) is 10.0 Å². The average Bonchev–Trinajstić information content (AvgIpc) is 2.72. The van der Waals surface area contributed by atoms with Crippen molar-refractivity contribution in [2.45, 2.75) is 30.9 Å². The lowest BCUT2D eigenvalue weighted by Crippen LogP contribution is -2.42. The SMILES string of the molecule is C[C@H](OC(=O)c1cccc(S(=O)(=O)N(C)C)c1)C(=O)N1CCc2ccccc2C1. The molecule has 29 heavy (non-hydrogen) atoms. The van der Waals surface area contributed by atoms with E-state index in [1.54, 1.807) is 4.90 Å². The number of carbonyl (C=O) groups is 2. The van der Waals surface area contributed by atoms with Crippen LogP contribution in [0.1, 0.15) is 28.4 Å². The van der Waals surface area contributed by atoms with Crippen LogP contribution in [0.3, 0.4) is 0 Å². The summed E-state index contributed by atoms with van der Waals surface area (Å²) in [6.07, 6.45) is -0.214. The normalized spacial score (nSPS) is 15.0. The predicted octanol–water partition coefficient (Wildman–Crippen LogP) is 2.07. The van der Waals surface area contributed by atoms with E-state index in [2.05, 4.69) is 6.07 Å². The molecule has 1 aliphatic heterocycles. The highest BCUT2D eigenvalue weighted by atomic mass is 32.2. The number of rotatable bonds is 5. The predicted molar refractivity (Wildman–Crippen MR) is 108 cm³/mol. The Morgan fingerprint density at radius 3 is 2.45 bits per heavy atom. The maximum Gasteiger partial charge on any atom is 0.338 e. The minimum atomic E-state index is -3.67. The molecule has 3 rings (SSSR count). The van der Waals surface area contributed by atoms with Crippen LogP contribution in [0, 0.1) is 0 Å². The first-order valence-electron chi connectivity index (χ1n) is 9.29. The Kier molecular flexibility index (Phi) is 6.04. The molecule has 2 aromatic rings. The van der Waals surface area contributed by atoms with Gasteiger partial charge in [0.15, 0.2) is 6.10 Å². The number of nitrogens with zero attached hydrogens (tertiary/aromatic N) is 2. The third kappa shape index (κ3) is 4.49. The van der Waals surface area contributed by atoms with Crippen molar-refractivity contribution in [3.05, 3.63) is 65.2 Å². The van der Waals surface area contributed by atoms with Gasteiger partial charge >= 0.3 is 5.97 Å². The van der Waals surface area contributed by atoms with Crippen molar-refractivity contribution in [3.8, 4) is 0 Å². The minimum Gasteiger partial charge on any atom is -0.449 e. The van der Waals surface area contributed by atoms with Gasteiger partial charge in [0, 0.05) is 27.2 Å². The van der Waals surface area contributed by atoms with Gasteiger partial charge in [0.25, 0.3) is 5.91 Å². The molecule has 154 valence electrons. The van der Waals surface area contributed by atoms with Gasteiger partial charge in [-0.15, -0.1) is 0 Å². The van der Waals surface area contributed by atoms with Crippen molar-refractivity contribution in [2.24, 2.45) is 0 Å². The van der Waals surface area contributed by atoms with E-state index in [0.717, 1.165) is 16.3 Å². The van der Waals surface area contributed by atoms with E-state index in [9.17, 15) is 18.0 Å². The summed E-state index contributed by atoms with van der Waals surface area (Å²) in [6, 6.07) is 13.6. The lowest BCUT2D eigenvalue weighted by atomic mass is 9.99. The van der Waals surface area contributed by atoms with Crippen LogP contribution in [0.5, 0.6) is 0 Å². The lowest BCUT2D eigenvalue weighted by Gasteiger charge is -2.30. The van der Waals surface area contributed by atoms with Crippen LogP contribution in [-0.2, 0) is 32.5 Å². The zero-order valence-electron chi connectivity index (χ0n) is 16.7. The molecule has 0 fully saturated rings. The van der Waals surface area contributed by atoms with Gasteiger partial charge in [0.05, 0.1) is 10.5 Å². The highest BCUT2D eigenvalue weighted by Crippen LogP contribution is 2.20. The lowest BCUT2D eigenvalue weighted by molar-refractivity contribution is -0.140. The van der Waals surface area contributed by atoms with E-state index in [0.29, 0.717) is 13.1 Å². The monoisotopic (exact) mass is 416 g/mol. The number of fused-ring (bicyclic) bond motifs is 1. The van der Waals surface area contributed by atoms with Gasteiger partial charge in [-0.1, -0.05) is 30.3 Å². The van der Waals surface area contributed by atoms with E-state index in [-0.39, 0.29) is 16.4 Å². The zero-order chi connectivity index (χ0) is 21.2. The third-order valence-corrected chi connectivity index (χ3v) is 6.73. The second-order valence-corrected chi connectivity index (χ2v) is 9.29. The molecule has 1 amide bonds. The van der Waals surface area contributed by atoms with Crippen LogP contribution < -0.4 is 0 Å². The summed E-state index contributed by atoms with van der Waals surface area (Å²) in [4.78, 5) is 26.9. The number of ether oxygens (including phenoxy) is 1. The van der Waals surface area contributed by atoms with Crippen molar-refractivity contribution in [2.75, 3.05) is 20.6 Å². The van der Waals surface area contributed by atoms with Crippen LogP contribution in [-0.4, -0.2) is 56.2 Å². The molecular formula is C21H24N2O5S. The summed E-state index contributed by atoms with van der Waals surface area (Å²) in [7, 11) is -0.844. The Labute approximate surface area is 170 Å². The smallest absolute Gasteiger partial charge is 0.338 e. The number of amides is 1. The Balaban J connectivity index is 1.69. The van der Waals surface area contributed by atoms with Crippen molar-refractivity contribution in [1.82, 2.24) is 9.21 Å². The second kappa shape index (κ2) is 8.34. The first-order chi connectivity index (χ1) is 13.7. The number of hydrogen-bond donors (Lipinski definition) is 0. The molecule has 0 bridgehead atoms. The molecule has 1 heterocycles. The van der Waals surface area contributed by atoms with Crippen LogP contribution in [0.4, 0.5) is 0 Å². The highest BCUT2D eigenvalue weighted by Gasteiger charge is 2.27. The number of sulfonamides is 1. The summed E-state index contributed by atoms with van der Waals surface area (Å²) in [5.41, 5.74) is 2.39. The average molecular weight is 416 g/mol. The fraction of sp³-hybridized carbons (Fsp3) is 0.333. The molecule has 0 unspecified atom stereocenters. The van der Waals surface area contributed by atoms with Gasteiger partial charge < -0.3 is 9.64 Å². The number of benzene rings is 2. The van der Waals surface area contributed by atoms with Gasteiger partial charge in [-0.05, 0) is 42.7 Å². The highest BCUT2D eigenvalue weighted by molar-refractivity contribution is 7.89. The zero-order valence-corrected chi connectivity index (χ0v) is 17.5. The van der Waals surface area contributed by atoms with E-state index < -0.39 is 22.1 Å². The Morgan fingerprint density at radius 2 is 1.76 bits per heavy atom. The number of hydrogen-bond acceptors (Lipinski definition) is 5. The molecule has 0 saturated carbocycles. The van der Waals surface area contributed by atoms with E-state index >= 15 is 0 Å². The number of carbonyl (C=O) groups excluding carboxylic acids is 2. The second-order valence-electron chi connectivity index (χ2n) is 7.14. The van der Waals surface area contributed by atoms with Crippen LogP contribution in [0.2, 0.25) is 0 Å². The fourth-order valence-electron chi connectivity index (χ4n) is 3.21. The van der Waals surface area contributed by atoms with Crippen molar-refractivity contribution in [1.29, 1.82) is 0 Å². The van der Waals surface area contributed by atoms with Crippen LogP contribution >= 0.6 is 0 Å². The molecule has 1 atom stereocenters. The molecule has 2 aromatic carbocycles. The summed E-state index contributed by atoms with van der Waals surface area (Å²) in [5.74, 6) is -1.01. The quantitative estimate of drug-likeness (QED) is 0.697. The molecule has 0 N–H and O–H groups in total. The topological polar surface area (TPSA) is 84.0 Å². The standard InChI is InChI=1S/C21H24N2O5S/c1-15(20(24)23-12-11-16-7-4-5-8-18(16)14-23)28-21(25)17-9-6-10-19(13-17)29(26,27)22(2)3/h4-10,13,15H,11-12,14H2,1-3H3/t15-/m0/s1. The molecule has 1 aliphatic rings. The molecule has 0 aromatic heterocycles. The maximum absolute atomic E-state index is 12.7. The van der Waals surface area contributed by atoms with Crippen LogP contribution in [0.25, 0.3) is 0 Å². The summed E-state index contributed by atoms with van der Waals surface area (Å²) >= 11 is 0. The largest absolute Gasteiger partial charge is 0.449 e. The summed E-state index contributed by atoms with van der Waals surface area (Å²) < 4.78 is 30.9. The Hall–Kier alpha value is -2.71. The van der Waals surface area contributed by atoms with Gasteiger partial charge in [-0.3, -0.25) is 4.79 Å². The van der Waals surface area contributed by atoms with Gasteiger partial charge in [-0.25, -0.2) is 17.5 Å². The fourth-order valence-corrected chi connectivity index (χ4v) is 4.16. The molecule has 0 spiro atoms. The summed E-state index contributed by atoms with van der Waals surface area (Å²) in [5, 5.41) is 0. The van der Waals surface area contributed by atoms with E-state index in [1.807, 2.05) is 18.2 Å². The maximum atomic E-state index is 12.7. The molecule has 0 aliphatic carbocycles. The van der Waals surface area contributed by atoms with Gasteiger partial charge in [-0.2, -0.15) is 0 Å². The molecule has 0 saturated heterocycles. The first kappa shape index (κ1) is 21.0. The van der Waals surface area contributed by atoms with Crippen molar-refractivity contribution < 1.29 is 22.7 Å². The molecule has 8 heteroatoms. The van der Waals surface area contributed by atoms with E-state index in [4.69, 9.17) is 4.74 Å². The van der Waals surface area contributed by atoms with Crippen molar-refractivity contribution >= 4 is 21.9 Å². The Bertz CT molecular complexity index is 1030. The summed E-state index contributed by atoms with van der Waals surface area (Å²) in [6.45, 7) is 2.57.